The number of hydrogen-bond donors (Lipinski definition) is 4. The Morgan fingerprint density at radius 3 is 2.61 bits per heavy atom. The smallest absolute Gasteiger partial charge is 0.273 e. The SMILES string of the molecule is Cc1nnc(-c2cnc(Nc3ccc4c(=O)[nH]n(C(C)C)c4n3)cc2N[C@H](CO)c2ccccc2)o1. The molecule has 0 aliphatic carbocycles. The average molecular weight is 487 g/mol. The van der Waals surface area contributed by atoms with Crippen molar-refractivity contribution in [3.05, 3.63) is 76.5 Å². The van der Waals surface area contributed by atoms with E-state index in [1.54, 1.807) is 36.0 Å². The molecule has 0 saturated carbocycles. The van der Waals surface area contributed by atoms with Crippen LogP contribution in [0.25, 0.3) is 22.5 Å². The van der Waals surface area contributed by atoms with Crippen molar-refractivity contribution in [3.63, 3.8) is 0 Å². The molecule has 0 fully saturated rings. The number of fused-ring (bicyclic) bond motifs is 1. The highest BCUT2D eigenvalue weighted by molar-refractivity contribution is 5.79. The van der Waals surface area contributed by atoms with E-state index in [1.807, 2.05) is 44.2 Å². The average Bonchev–Trinajstić information content (AvgIpc) is 3.46. The van der Waals surface area contributed by atoms with Gasteiger partial charge in [0.15, 0.2) is 5.65 Å². The molecule has 4 aromatic heterocycles. The first-order valence-corrected chi connectivity index (χ1v) is 11.5. The van der Waals surface area contributed by atoms with Gasteiger partial charge in [-0.3, -0.25) is 14.6 Å². The van der Waals surface area contributed by atoms with Crippen LogP contribution in [-0.4, -0.2) is 41.7 Å². The van der Waals surface area contributed by atoms with Crippen molar-refractivity contribution in [2.45, 2.75) is 32.9 Å². The predicted molar refractivity (Wildman–Crippen MR) is 136 cm³/mol. The van der Waals surface area contributed by atoms with Crippen molar-refractivity contribution in [3.8, 4) is 11.5 Å². The second-order valence-corrected chi connectivity index (χ2v) is 8.63. The number of aliphatic hydroxyl groups excluding tert-OH is 1. The van der Waals surface area contributed by atoms with Gasteiger partial charge in [-0.1, -0.05) is 30.3 Å². The van der Waals surface area contributed by atoms with Gasteiger partial charge in [0.2, 0.25) is 5.89 Å². The Balaban J connectivity index is 1.52. The minimum atomic E-state index is -0.376. The zero-order chi connectivity index (χ0) is 25.2. The summed E-state index contributed by atoms with van der Waals surface area (Å²) in [5.74, 6) is 1.77. The van der Waals surface area contributed by atoms with Crippen LogP contribution in [0.2, 0.25) is 0 Å². The summed E-state index contributed by atoms with van der Waals surface area (Å²) in [4.78, 5) is 21.4. The molecule has 0 radical (unpaired) electrons. The third-order valence-corrected chi connectivity index (χ3v) is 5.72. The van der Waals surface area contributed by atoms with Gasteiger partial charge in [-0.15, -0.1) is 10.2 Å². The topological polar surface area (TPSA) is 147 Å². The highest BCUT2D eigenvalue weighted by Crippen LogP contribution is 2.32. The number of hydrogen-bond acceptors (Lipinski definition) is 9. The molecule has 0 bridgehead atoms. The molecule has 0 amide bonds. The number of rotatable bonds is 8. The lowest BCUT2D eigenvalue weighted by atomic mass is 10.1. The van der Waals surface area contributed by atoms with Gasteiger partial charge in [-0.05, 0) is 31.5 Å². The fourth-order valence-corrected chi connectivity index (χ4v) is 3.93. The Morgan fingerprint density at radius 2 is 1.92 bits per heavy atom. The van der Waals surface area contributed by atoms with Crippen LogP contribution in [-0.2, 0) is 0 Å². The first-order chi connectivity index (χ1) is 17.4. The Kier molecular flexibility index (Phi) is 6.21. The molecule has 11 nitrogen and oxygen atoms in total. The minimum Gasteiger partial charge on any atom is -0.421 e. The number of aromatic amines is 1. The lowest BCUT2D eigenvalue weighted by Gasteiger charge is -2.20. The van der Waals surface area contributed by atoms with Crippen LogP contribution in [0.15, 0.2) is 63.9 Å². The summed E-state index contributed by atoms with van der Waals surface area (Å²) in [6.45, 7) is 5.53. The van der Waals surface area contributed by atoms with Gasteiger partial charge in [0.05, 0.1) is 29.3 Å². The number of nitrogens with one attached hydrogen (secondary N) is 3. The lowest BCUT2D eigenvalue weighted by Crippen LogP contribution is -2.15. The van der Waals surface area contributed by atoms with Gasteiger partial charge in [-0.25, -0.2) is 9.97 Å². The Labute approximate surface area is 206 Å². The molecule has 11 heteroatoms. The second kappa shape index (κ2) is 9.62. The summed E-state index contributed by atoms with van der Waals surface area (Å²) < 4.78 is 7.37. The second-order valence-electron chi connectivity index (χ2n) is 8.63. The molecule has 1 atom stereocenters. The fraction of sp³-hybridized carbons (Fsp3) is 0.240. The van der Waals surface area contributed by atoms with E-state index in [-0.39, 0.29) is 24.2 Å². The maximum Gasteiger partial charge on any atom is 0.273 e. The largest absolute Gasteiger partial charge is 0.421 e. The number of aryl methyl sites for hydroxylation is 1. The number of H-pyrrole nitrogens is 1. The molecule has 0 spiro atoms. The Morgan fingerprint density at radius 1 is 1.11 bits per heavy atom. The number of benzene rings is 1. The van der Waals surface area contributed by atoms with Crippen LogP contribution in [0.3, 0.4) is 0 Å². The van der Waals surface area contributed by atoms with E-state index in [0.29, 0.717) is 45.7 Å². The highest BCUT2D eigenvalue weighted by Gasteiger charge is 2.18. The molecule has 0 aliphatic rings. The Bertz CT molecular complexity index is 1550. The van der Waals surface area contributed by atoms with Gasteiger partial charge in [0, 0.05) is 25.2 Å². The van der Waals surface area contributed by atoms with Crippen LogP contribution in [0, 0.1) is 6.92 Å². The third kappa shape index (κ3) is 4.56. The van der Waals surface area contributed by atoms with Crippen molar-refractivity contribution in [2.24, 2.45) is 0 Å². The van der Waals surface area contributed by atoms with Crippen molar-refractivity contribution in [2.75, 3.05) is 17.2 Å². The first-order valence-electron chi connectivity index (χ1n) is 11.5. The van der Waals surface area contributed by atoms with Crippen molar-refractivity contribution in [1.29, 1.82) is 0 Å². The standard InChI is InChI=1S/C25H26N8O3/c1-14(2)33-23-17(24(35)32-33)9-10-21(29-23)28-22-11-19(18(12-26-22)25-31-30-15(3)36-25)27-20(13-34)16-7-5-4-6-8-16/h4-12,14,20,34H,13H2,1-3H3,(H,32,35)(H2,26,27,28,29)/t20-/m1/s1. The lowest BCUT2D eigenvalue weighted by molar-refractivity contribution is 0.276. The highest BCUT2D eigenvalue weighted by atomic mass is 16.4. The van der Waals surface area contributed by atoms with E-state index in [2.05, 4.69) is 35.9 Å². The number of aromatic nitrogens is 6. The van der Waals surface area contributed by atoms with Crippen molar-refractivity contribution in [1.82, 2.24) is 29.9 Å². The molecular weight excluding hydrogens is 460 g/mol. The van der Waals surface area contributed by atoms with E-state index in [4.69, 9.17) is 4.42 Å². The molecule has 5 rings (SSSR count). The number of anilines is 3. The summed E-state index contributed by atoms with van der Waals surface area (Å²) in [6, 6.07) is 14.6. The molecular formula is C25H26N8O3. The fourth-order valence-electron chi connectivity index (χ4n) is 3.93. The van der Waals surface area contributed by atoms with E-state index in [9.17, 15) is 9.90 Å². The van der Waals surface area contributed by atoms with Crippen molar-refractivity contribution >= 4 is 28.4 Å². The summed E-state index contributed by atoms with van der Waals surface area (Å²) in [5, 5.41) is 28.1. The molecule has 0 unspecified atom stereocenters. The molecule has 0 aliphatic heterocycles. The van der Waals surface area contributed by atoms with E-state index in [1.165, 1.54) is 0 Å². The molecule has 184 valence electrons. The summed E-state index contributed by atoms with van der Waals surface area (Å²) in [7, 11) is 0. The molecule has 0 saturated heterocycles. The summed E-state index contributed by atoms with van der Waals surface area (Å²) in [6.07, 6.45) is 1.62. The maximum atomic E-state index is 12.2. The monoisotopic (exact) mass is 486 g/mol. The molecule has 1 aromatic carbocycles. The number of pyridine rings is 2. The minimum absolute atomic E-state index is 0.0393. The van der Waals surface area contributed by atoms with Crippen molar-refractivity contribution < 1.29 is 9.52 Å². The van der Waals surface area contributed by atoms with Crippen LogP contribution < -0.4 is 16.2 Å². The number of aliphatic hydroxyl groups is 1. The maximum absolute atomic E-state index is 12.2. The summed E-state index contributed by atoms with van der Waals surface area (Å²) in [5.41, 5.74) is 2.53. The normalized spacial score (nSPS) is 12.2. The molecule has 5 aromatic rings. The first kappa shape index (κ1) is 23.2. The predicted octanol–water partition coefficient (Wildman–Crippen LogP) is 3.95. The third-order valence-electron chi connectivity index (χ3n) is 5.72. The van der Waals surface area contributed by atoms with Gasteiger partial charge in [0.1, 0.15) is 11.6 Å². The molecule has 36 heavy (non-hydrogen) atoms. The number of nitrogens with zero attached hydrogens (tertiary/aromatic N) is 5. The van der Waals surface area contributed by atoms with Crippen LogP contribution >= 0.6 is 0 Å². The van der Waals surface area contributed by atoms with E-state index < -0.39 is 0 Å². The van der Waals surface area contributed by atoms with E-state index in [0.717, 1.165) is 5.56 Å². The van der Waals surface area contributed by atoms with Crippen LogP contribution in [0.1, 0.15) is 37.4 Å². The van der Waals surface area contributed by atoms with Gasteiger partial charge < -0.3 is 20.2 Å². The van der Waals surface area contributed by atoms with E-state index >= 15 is 0 Å². The van der Waals surface area contributed by atoms with Gasteiger partial charge >= 0.3 is 0 Å². The molecule has 4 N–H and O–H groups in total. The van der Waals surface area contributed by atoms with Gasteiger partial charge in [-0.2, -0.15) is 0 Å². The zero-order valence-electron chi connectivity index (χ0n) is 20.1. The van der Waals surface area contributed by atoms with Crippen LogP contribution in [0.4, 0.5) is 17.3 Å². The van der Waals surface area contributed by atoms with Crippen LogP contribution in [0.5, 0.6) is 0 Å². The zero-order valence-corrected chi connectivity index (χ0v) is 20.1. The molecule has 4 heterocycles. The Hall–Kier alpha value is -4.51. The quantitative estimate of drug-likeness (QED) is 0.256. The summed E-state index contributed by atoms with van der Waals surface area (Å²) >= 11 is 0. The van der Waals surface area contributed by atoms with Gasteiger partial charge in [0.25, 0.3) is 11.4 Å².